The van der Waals surface area contributed by atoms with Gasteiger partial charge in [-0.1, -0.05) is 25.0 Å². The van der Waals surface area contributed by atoms with Gasteiger partial charge in [-0.25, -0.2) is 14.0 Å². The molecule has 0 aromatic heterocycles. The maximum Gasteiger partial charge on any atom is 0.326 e. The summed E-state index contributed by atoms with van der Waals surface area (Å²) in [6, 6.07) is 4.50. The molecule has 3 unspecified atom stereocenters. The van der Waals surface area contributed by atoms with Crippen molar-refractivity contribution in [3.8, 4) is 0 Å². The number of urea groups is 1. The first kappa shape index (κ1) is 14.8. The number of nitrogens with zero attached hydrogens (tertiary/aromatic N) is 1. The highest BCUT2D eigenvalue weighted by Gasteiger charge is 2.47. The van der Waals surface area contributed by atoms with Crippen LogP contribution in [-0.2, 0) is 4.79 Å². The Morgan fingerprint density at radius 1 is 1.23 bits per heavy atom. The Morgan fingerprint density at radius 2 is 1.95 bits per heavy atom. The number of benzene rings is 1. The van der Waals surface area contributed by atoms with Gasteiger partial charge >= 0.3 is 12.0 Å². The summed E-state index contributed by atoms with van der Waals surface area (Å²) in [5.74, 6) is -1.28. The molecule has 1 aliphatic carbocycles. The van der Waals surface area contributed by atoms with Gasteiger partial charge in [-0.15, -0.1) is 0 Å². The molecule has 1 heterocycles. The number of carbonyl (C=O) groups is 2. The number of aliphatic carboxylic acids is 1. The van der Waals surface area contributed by atoms with Crippen molar-refractivity contribution in [2.45, 2.75) is 44.2 Å². The summed E-state index contributed by atoms with van der Waals surface area (Å²) in [4.78, 5) is 25.4. The number of rotatable bonds is 2. The molecule has 3 rings (SSSR count). The quantitative estimate of drug-likeness (QED) is 0.882. The van der Waals surface area contributed by atoms with Crippen molar-refractivity contribution < 1.29 is 19.1 Å². The third-order valence-electron chi connectivity index (χ3n) is 4.72. The lowest BCUT2D eigenvalue weighted by atomic mass is 9.85. The Labute approximate surface area is 128 Å². The molecule has 1 aromatic rings. The second kappa shape index (κ2) is 5.94. The average Bonchev–Trinajstić information content (AvgIpc) is 2.89. The number of hydrogen-bond acceptors (Lipinski definition) is 2. The van der Waals surface area contributed by atoms with Gasteiger partial charge in [0.2, 0.25) is 0 Å². The zero-order chi connectivity index (χ0) is 15.7. The van der Waals surface area contributed by atoms with E-state index in [1.807, 2.05) is 0 Å². The van der Waals surface area contributed by atoms with Crippen LogP contribution in [0.15, 0.2) is 24.3 Å². The molecule has 1 aromatic carbocycles. The predicted molar refractivity (Wildman–Crippen MR) is 79.0 cm³/mol. The van der Waals surface area contributed by atoms with E-state index >= 15 is 0 Å². The van der Waals surface area contributed by atoms with Crippen LogP contribution >= 0.6 is 0 Å². The van der Waals surface area contributed by atoms with Crippen molar-refractivity contribution in [1.29, 1.82) is 0 Å². The second-order valence-corrected chi connectivity index (χ2v) is 6.02. The van der Waals surface area contributed by atoms with Gasteiger partial charge in [-0.05, 0) is 37.3 Å². The maximum absolute atomic E-state index is 13.7. The third-order valence-corrected chi connectivity index (χ3v) is 4.72. The smallest absolute Gasteiger partial charge is 0.326 e. The molecule has 2 aliphatic rings. The number of amides is 2. The van der Waals surface area contributed by atoms with E-state index in [-0.39, 0.29) is 17.6 Å². The van der Waals surface area contributed by atoms with Crippen LogP contribution in [-0.4, -0.2) is 34.1 Å². The van der Waals surface area contributed by atoms with Crippen molar-refractivity contribution in [2.75, 3.05) is 5.32 Å². The van der Waals surface area contributed by atoms with E-state index in [9.17, 15) is 19.1 Å². The number of halogens is 1. The first-order chi connectivity index (χ1) is 10.6. The average molecular weight is 306 g/mol. The number of anilines is 1. The van der Waals surface area contributed by atoms with E-state index in [1.54, 1.807) is 6.07 Å². The van der Waals surface area contributed by atoms with Gasteiger partial charge < -0.3 is 15.3 Å². The van der Waals surface area contributed by atoms with Gasteiger partial charge in [-0.3, -0.25) is 0 Å². The summed E-state index contributed by atoms with van der Waals surface area (Å²) in [6.45, 7) is 0. The highest BCUT2D eigenvalue weighted by molar-refractivity contribution is 5.93. The second-order valence-electron chi connectivity index (χ2n) is 6.02. The van der Waals surface area contributed by atoms with Crippen molar-refractivity contribution in [3.63, 3.8) is 0 Å². The fourth-order valence-electron chi connectivity index (χ4n) is 3.71. The Kier molecular flexibility index (Phi) is 4.00. The number of fused-ring (bicyclic) bond motifs is 1. The molecular weight excluding hydrogens is 287 g/mol. The summed E-state index contributed by atoms with van der Waals surface area (Å²) in [7, 11) is 0. The molecule has 118 valence electrons. The lowest BCUT2D eigenvalue weighted by molar-refractivity contribution is -0.141. The summed E-state index contributed by atoms with van der Waals surface area (Å²) >= 11 is 0. The standard InChI is InChI=1S/C16H19FN2O3/c17-11-6-2-3-7-12(11)18-16(22)19-13-8-4-1-5-10(13)9-14(19)15(20)21/h2-3,6-7,10,13-14H,1,4-5,8-9H2,(H,18,22)(H,20,21). The fraction of sp³-hybridized carbons (Fsp3) is 0.500. The van der Waals surface area contributed by atoms with Crippen LogP contribution in [0.4, 0.5) is 14.9 Å². The number of para-hydroxylation sites is 1. The molecule has 1 saturated carbocycles. The number of likely N-dealkylation sites (tertiary alicyclic amines) is 1. The minimum Gasteiger partial charge on any atom is -0.480 e. The third kappa shape index (κ3) is 2.65. The zero-order valence-corrected chi connectivity index (χ0v) is 12.2. The Morgan fingerprint density at radius 3 is 2.68 bits per heavy atom. The van der Waals surface area contributed by atoms with Gasteiger partial charge in [0.15, 0.2) is 0 Å². The van der Waals surface area contributed by atoms with E-state index in [1.165, 1.54) is 23.1 Å². The van der Waals surface area contributed by atoms with Gasteiger partial charge in [0.05, 0.1) is 5.69 Å². The van der Waals surface area contributed by atoms with Gasteiger partial charge in [0.25, 0.3) is 0 Å². The van der Waals surface area contributed by atoms with Crippen molar-refractivity contribution in [1.82, 2.24) is 4.90 Å². The Balaban J connectivity index is 1.82. The van der Waals surface area contributed by atoms with E-state index in [4.69, 9.17) is 0 Å². The lowest BCUT2D eigenvalue weighted by Gasteiger charge is -2.33. The van der Waals surface area contributed by atoms with Crippen LogP contribution in [0.2, 0.25) is 0 Å². The topological polar surface area (TPSA) is 69.6 Å². The Hall–Kier alpha value is -2.11. The summed E-state index contributed by atoms with van der Waals surface area (Å²) < 4.78 is 13.7. The SMILES string of the molecule is O=C(O)C1CC2CCCCC2N1C(=O)Nc1ccccc1F. The van der Waals surface area contributed by atoms with Gasteiger partial charge in [0.1, 0.15) is 11.9 Å². The van der Waals surface area contributed by atoms with Crippen LogP contribution in [0.25, 0.3) is 0 Å². The predicted octanol–water partition coefficient (Wildman–Crippen LogP) is 3.08. The largest absolute Gasteiger partial charge is 0.480 e. The lowest BCUT2D eigenvalue weighted by Crippen LogP contribution is -2.48. The molecule has 2 fully saturated rings. The monoisotopic (exact) mass is 306 g/mol. The molecule has 0 spiro atoms. The highest BCUT2D eigenvalue weighted by Crippen LogP contribution is 2.40. The molecule has 0 radical (unpaired) electrons. The van der Waals surface area contributed by atoms with Crippen LogP contribution in [0, 0.1) is 11.7 Å². The van der Waals surface area contributed by atoms with Crippen molar-refractivity contribution in [3.05, 3.63) is 30.1 Å². The minimum absolute atomic E-state index is 0.0541. The zero-order valence-electron chi connectivity index (χ0n) is 12.2. The van der Waals surface area contributed by atoms with Crippen molar-refractivity contribution >= 4 is 17.7 Å². The maximum atomic E-state index is 13.7. The fourth-order valence-corrected chi connectivity index (χ4v) is 3.71. The Bertz CT molecular complexity index is 593. The normalized spacial score (nSPS) is 27.3. The molecule has 2 amide bonds. The molecule has 2 N–H and O–H groups in total. The van der Waals surface area contributed by atoms with Gasteiger partial charge in [-0.2, -0.15) is 0 Å². The molecule has 0 bridgehead atoms. The van der Waals surface area contributed by atoms with E-state index in [2.05, 4.69) is 5.32 Å². The number of hydrogen-bond donors (Lipinski definition) is 2. The number of carboxylic acid groups (broad SMARTS) is 1. The molecule has 6 heteroatoms. The van der Waals surface area contributed by atoms with E-state index in [0.29, 0.717) is 6.42 Å². The van der Waals surface area contributed by atoms with Crippen molar-refractivity contribution in [2.24, 2.45) is 5.92 Å². The number of nitrogens with one attached hydrogen (secondary N) is 1. The summed E-state index contributed by atoms with van der Waals surface area (Å²) in [5, 5.41) is 11.9. The number of carboxylic acids is 1. The first-order valence-corrected chi connectivity index (χ1v) is 7.64. The van der Waals surface area contributed by atoms with E-state index < -0.39 is 23.9 Å². The van der Waals surface area contributed by atoms with Crippen LogP contribution in [0.5, 0.6) is 0 Å². The number of carbonyl (C=O) groups excluding carboxylic acids is 1. The van der Waals surface area contributed by atoms with Crippen LogP contribution in [0.1, 0.15) is 32.1 Å². The molecule has 3 atom stereocenters. The highest BCUT2D eigenvalue weighted by atomic mass is 19.1. The summed E-state index contributed by atoms with van der Waals surface area (Å²) in [5.41, 5.74) is 0.0795. The molecular formula is C16H19FN2O3. The molecule has 5 nitrogen and oxygen atoms in total. The molecule has 22 heavy (non-hydrogen) atoms. The summed E-state index contributed by atoms with van der Waals surface area (Å²) in [6.07, 6.45) is 4.34. The first-order valence-electron chi connectivity index (χ1n) is 7.64. The molecule has 1 saturated heterocycles. The molecule has 1 aliphatic heterocycles. The van der Waals surface area contributed by atoms with Gasteiger partial charge in [0, 0.05) is 6.04 Å². The van der Waals surface area contributed by atoms with Crippen LogP contribution in [0.3, 0.4) is 0 Å². The van der Waals surface area contributed by atoms with E-state index in [0.717, 1.165) is 25.7 Å². The van der Waals surface area contributed by atoms with Crippen LogP contribution < -0.4 is 5.32 Å². The minimum atomic E-state index is -0.988.